The third-order valence-electron chi connectivity index (χ3n) is 6.59. The minimum absolute atomic E-state index is 0.214. The smallest absolute Gasteiger partial charge is 0.340 e. The van der Waals surface area contributed by atoms with Gasteiger partial charge in [0.1, 0.15) is 17.0 Å². The minimum Gasteiger partial charge on any atom is -0.465 e. The summed E-state index contributed by atoms with van der Waals surface area (Å²) in [6.07, 6.45) is 0.807. The molecule has 5 rings (SSSR count). The summed E-state index contributed by atoms with van der Waals surface area (Å²) >= 11 is 0. The number of aryl methyl sites for hydroxylation is 3. The first-order valence-corrected chi connectivity index (χ1v) is 13.2. The van der Waals surface area contributed by atoms with Gasteiger partial charge < -0.3 is 9.30 Å². The number of hydrogen-bond donors (Lipinski definition) is 0. The largest absolute Gasteiger partial charge is 0.465 e. The Morgan fingerprint density at radius 1 is 1.05 bits per heavy atom. The molecule has 0 saturated carbocycles. The molecule has 198 valence electrons. The zero-order valence-corrected chi connectivity index (χ0v) is 23.6. The number of carbonyl (C=O) groups is 1. The molecule has 0 unspecified atom stereocenters. The first-order valence-electron chi connectivity index (χ1n) is 13.2. The van der Waals surface area contributed by atoms with Crippen LogP contribution in [0, 0.1) is 31.1 Å². The van der Waals surface area contributed by atoms with E-state index < -0.39 is 5.97 Å². The molecule has 0 amide bonds. The Hall–Kier alpha value is -4.44. The molecular weight excluding hydrogens is 486 g/mol. The summed E-state index contributed by atoms with van der Waals surface area (Å²) in [6.45, 7) is 13.1. The van der Waals surface area contributed by atoms with E-state index in [0.717, 1.165) is 56.8 Å². The van der Waals surface area contributed by atoms with Crippen LogP contribution in [-0.4, -0.2) is 37.4 Å². The average molecular weight is 520 g/mol. The van der Waals surface area contributed by atoms with Crippen molar-refractivity contribution in [1.82, 2.24) is 24.3 Å². The van der Waals surface area contributed by atoms with Crippen LogP contribution >= 0.6 is 0 Å². The molecule has 3 heterocycles. The topological polar surface area (TPSA) is 74.8 Å². The first-order chi connectivity index (χ1) is 18.6. The summed E-state index contributed by atoms with van der Waals surface area (Å²) in [5.41, 5.74) is 7.43. The van der Waals surface area contributed by atoms with E-state index in [4.69, 9.17) is 19.8 Å². The lowest BCUT2D eigenvalue weighted by atomic mass is 9.97. The molecule has 0 atom stereocenters. The van der Waals surface area contributed by atoms with Crippen molar-refractivity contribution in [1.29, 1.82) is 0 Å². The Kier molecular flexibility index (Phi) is 6.73. The van der Waals surface area contributed by atoms with Crippen LogP contribution in [0.15, 0.2) is 48.5 Å². The molecular formula is C32H33N5O2. The van der Waals surface area contributed by atoms with Gasteiger partial charge in [0.05, 0.1) is 30.4 Å². The predicted molar refractivity (Wildman–Crippen MR) is 154 cm³/mol. The molecule has 0 N–H and O–H groups in total. The third kappa shape index (κ3) is 5.03. The van der Waals surface area contributed by atoms with Crippen molar-refractivity contribution in [2.75, 3.05) is 7.11 Å². The summed E-state index contributed by atoms with van der Waals surface area (Å²) in [5.74, 6) is 7.32. The molecule has 0 spiro atoms. The van der Waals surface area contributed by atoms with E-state index in [2.05, 4.69) is 69.2 Å². The van der Waals surface area contributed by atoms with E-state index in [9.17, 15) is 4.79 Å². The number of fused-ring (bicyclic) bond motifs is 2. The number of methoxy groups -OCH3 is 1. The highest BCUT2D eigenvalue weighted by atomic mass is 16.5. The monoisotopic (exact) mass is 519 g/mol. The number of hydrogen-bond acceptors (Lipinski definition) is 5. The second kappa shape index (κ2) is 10.0. The van der Waals surface area contributed by atoms with Crippen LogP contribution in [0.3, 0.4) is 0 Å². The lowest BCUT2D eigenvalue weighted by Gasteiger charge is -2.10. The summed E-state index contributed by atoms with van der Waals surface area (Å²) in [5, 5.41) is 5.80. The molecule has 0 bridgehead atoms. The lowest BCUT2D eigenvalue weighted by molar-refractivity contribution is 0.0600. The van der Waals surface area contributed by atoms with Crippen molar-refractivity contribution in [3.63, 3.8) is 0 Å². The number of imidazole rings is 1. The molecule has 0 radical (unpaired) electrons. The molecule has 0 aliphatic carbocycles. The maximum Gasteiger partial charge on any atom is 0.340 e. The molecule has 3 aromatic heterocycles. The normalized spacial score (nSPS) is 11.6. The number of para-hydroxylation sites is 1. The van der Waals surface area contributed by atoms with Crippen molar-refractivity contribution in [2.24, 2.45) is 5.41 Å². The van der Waals surface area contributed by atoms with Crippen LogP contribution in [0.2, 0.25) is 0 Å². The van der Waals surface area contributed by atoms with E-state index in [1.165, 1.54) is 7.11 Å². The lowest BCUT2D eigenvalue weighted by Crippen LogP contribution is -2.10. The average Bonchev–Trinajstić information content (AvgIpc) is 3.44. The summed E-state index contributed by atoms with van der Waals surface area (Å²) in [6, 6.07) is 15.6. The van der Waals surface area contributed by atoms with Crippen molar-refractivity contribution < 1.29 is 9.53 Å². The van der Waals surface area contributed by atoms with Gasteiger partial charge in [0.25, 0.3) is 0 Å². The molecule has 0 fully saturated rings. The summed E-state index contributed by atoms with van der Waals surface area (Å²) in [7, 11) is 1.38. The molecule has 2 aromatic carbocycles. The number of esters is 1. The molecule has 39 heavy (non-hydrogen) atoms. The van der Waals surface area contributed by atoms with Gasteiger partial charge in [-0.15, -0.1) is 0 Å². The van der Waals surface area contributed by atoms with E-state index >= 15 is 0 Å². The highest BCUT2D eigenvalue weighted by Gasteiger charge is 2.20. The van der Waals surface area contributed by atoms with Crippen LogP contribution in [0.1, 0.15) is 66.4 Å². The van der Waals surface area contributed by atoms with Gasteiger partial charge in [0.15, 0.2) is 5.65 Å². The SMILES string of the molecule is CCc1nc2c(C)cc(C)nc2n1Cc1ccc2nn(-c3ccccc3C(=O)OC)c(C#CC(C)(C)C)c2c1. The van der Waals surface area contributed by atoms with Gasteiger partial charge in [0, 0.05) is 22.9 Å². The zero-order valence-electron chi connectivity index (χ0n) is 23.6. The fourth-order valence-corrected chi connectivity index (χ4v) is 4.78. The quantitative estimate of drug-likeness (QED) is 0.205. The van der Waals surface area contributed by atoms with E-state index in [1.807, 2.05) is 31.2 Å². The standard InChI is InChI=1S/C32H33N5O2/c1-8-28-34-29-20(2)17-21(3)33-30(29)36(28)19-22-13-14-25-24(18-22)27(15-16-32(4,5)6)37(35-25)26-12-10-9-11-23(26)31(38)39-7/h9-14,17-18H,8,19H2,1-7H3. The predicted octanol–water partition coefficient (Wildman–Crippen LogP) is 6.18. The van der Waals surface area contributed by atoms with Crippen molar-refractivity contribution in [3.05, 3.63) is 82.4 Å². The van der Waals surface area contributed by atoms with Gasteiger partial charge in [-0.25, -0.2) is 19.4 Å². The maximum absolute atomic E-state index is 12.6. The number of pyridine rings is 1. The number of carbonyl (C=O) groups excluding carboxylic acids is 1. The van der Waals surface area contributed by atoms with Gasteiger partial charge in [-0.1, -0.05) is 31.0 Å². The van der Waals surface area contributed by atoms with Gasteiger partial charge in [-0.3, -0.25) is 0 Å². The van der Waals surface area contributed by atoms with Crippen molar-refractivity contribution >= 4 is 28.0 Å². The first kappa shape index (κ1) is 26.2. The molecule has 0 saturated heterocycles. The van der Waals surface area contributed by atoms with Crippen LogP contribution in [-0.2, 0) is 17.7 Å². The van der Waals surface area contributed by atoms with E-state index in [-0.39, 0.29) is 5.41 Å². The summed E-state index contributed by atoms with van der Waals surface area (Å²) in [4.78, 5) is 22.3. The van der Waals surface area contributed by atoms with Crippen LogP contribution in [0.25, 0.3) is 27.8 Å². The Morgan fingerprint density at radius 2 is 1.82 bits per heavy atom. The number of ether oxygens (including phenoxy) is 1. The molecule has 7 nitrogen and oxygen atoms in total. The van der Waals surface area contributed by atoms with Crippen molar-refractivity contribution in [3.8, 4) is 17.5 Å². The van der Waals surface area contributed by atoms with Crippen LogP contribution in [0.5, 0.6) is 0 Å². The van der Waals surface area contributed by atoms with E-state index in [0.29, 0.717) is 17.8 Å². The van der Waals surface area contributed by atoms with Crippen LogP contribution in [0.4, 0.5) is 0 Å². The minimum atomic E-state index is -0.419. The van der Waals surface area contributed by atoms with Gasteiger partial charge >= 0.3 is 5.97 Å². The van der Waals surface area contributed by atoms with Gasteiger partial charge in [-0.05, 0) is 82.0 Å². The Bertz CT molecular complexity index is 1790. The number of aromatic nitrogens is 5. The fourth-order valence-electron chi connectivity index (χ4n) is 4.78. The van der Waals surface area contributed by atoms with Gasteiger partial charge in [0.2, 0.25) is 0 Å². The molecule has 0 aliphatic heterocycles. The second-order valence-electron chi connectivity index (χ2n) is 10.8. The number of rotatable bonds is 5. The fraction of sp³-hybridized carbons (Fsp3) is 0.312. The number of nitrogens with zero attached hydrogens (tertiary/aromatic N) is 5. The number of benzene rings is 2. The molecule has 0 aliphatic rings. The maximum atomic E-state index is 12.6. The highest BCUT2D eigenvalue weighted by Crippen LogP contribution is 2.27. The summed E-state index contributed by atoms with van der Waals surface area (Å²) < 4.78 is 9.01. The van der Waals surface area contributed by atoms with Crippen molar-refractivity contribution in [2.45, 2.75) is 54.5 Å². The molecule has 7 heteroatoms. The Balaban J connectivity index is 1.70. The highest BCUT2D eigenvalue weighted by molar-refractivity contribution is 5.94. The van der Waals surface area contributed by atoms with Gasteiger partial charge in [-0.2, -0.15) is 5.10 Å². The second-order valence-corrected chi connectivity index (χ2v) is 10.8. The zero-order chi connectivity index (χ0) is 27.9. The van der Waals surface area contributed by atoms with E-state index in [1.54, 1.807) is 10.7 Å². The third-order valence-corrected chi connectivity index (χ3v) is 6.59. The van der Waals surface area contributed by atoms with Crippen LogP contribution < -0.4 is 0 Å². The Morgan fingerprint density at radius 3 is 2.54 bits per heavy atom. The Labute approximate surface area is 228 Å². The molecule has 5 aromatic rings.